The van der Waals surface area contributed by atoms with Crippen LogP contribution < -0.4 is 9.44 Å². The molecule has 0 bridgehead atoms. The summed E-state index contributed by atoms with van der Waals surface area (Å²) in [5.41, 5.74) is 2.80. The van der Waals surface area contributed by atoms with Gasteiger partial charge in [0.15, 0.2) is 0 Å². The van der Waals surface area contributed by atoms with Gasteiger partial charge in [0.25, 0.3) is 0 Å². The minimum absolute atomic E-state index is 0.0294. The second-order valence-electron chi connectivity index (χ2n) is 8.97. The molecular formula is C23H27N5O5S2. The highest BCUT2D eigenvalue weighted by molar-refractivity contribution is 7.88. The molecule has 0 spiro atoms. The smallest absolute Gasteiger partial charge is 0.422 e. The van der Waals surface area contributed by atoms with Crippen molar-refractivity contribution in [2.24, 2.45) is 0 Å². The summed E-state index contributed by atoms with van der Waals surface area (Å²) in [4.78, 5) is 17.5. The number of aromatic nitrogens is 3. The normalized spacial score (nSPS) is 13.7. The fourth-order valence-corrected chi connectivity index (χ4v) is 5.25. The molecule has 1 aliphatic carbocycles. The summed E-state index contributed by atoms with van der Waals surface area (Å²) in [6.07, 6.45) is 3.56. The van der Waals surface area contributed by atoms with Crippen LogP contribution in [0.4, 0.5) is 4.79 Å². The molecule has 12 heteroatoms. The number of nitrogens with zero attached hydrogens (tertiary/aromatic N) is 3. The Morgan fingerprint density at radius 2 is 1.89 bits per heavy atom. The molecule has 0 fully saturated rings. The number of hydrogen-bond acceptors (Lipinski definition) is 9. The molecule has 0 saturated heterocycles. The zero-order valence-electron chi connectivity index (χ0n) is 19.7. The first-order chi connectivity index (χ1) is 16.6. The number of thiazole rings is 1. The van der Waals surface area contributed by atoms with Crippen LogP contribution in [-0.2, 0) is 34.2 Å². The molecule has 2 N–H and O–H groups in total. The van der Waals surface area contributed by atoms with E-state index in [0.29, 0.717) is 12.3 Å². The molecule has 186 valence electrons. The van der Waals surface area contributed by atoms with E-state index >= 15 is 0 Å². The van der Waals surface area contributed by atoms with Crippen molar-refractivity contribution in [1.82, 2.24) is 24.6 Å². The predicted molar refractivity (Wildman–Crippen MR) is 132 cm³/mol. The average molecular weight is 518 g/mol. The standard InChI is InChI=1S/C23H27N5O5S2/c1-23(2,3)33-22(29)28-35(30,31)24-12-11-19-26-27-20(32-19)14-21-25-17-10-9-16(13-18(17)34-21)15-7-5-4-6-8-15/h4-8,13,24H,9-12,14H2,1-3H3,(H,28,29). The van der Waals surface area contributed by atoms with Crippen LogP contribution in [0.25, 0.3) is 11.6 Å². The lowest BCUT2D eigenvalue weighted by Crippen LogP contribution is -2.43. The van der Waals surface area contributed by atoms with Crippen molar-refractivity contribution in [3.63, 3.8) is 0 Å². The van der Waals surface area contributed by atoms with Crippen molar-refractivity contribution in [3.8, 4) is 0 Å². The lowest BCUT2D eigenvalue weighted by Gasteiger charge is -2.19. The monoisotopic (exact) mass is 517 g/mol. The summed E-state index contributed by atoms with van der Waals surface area (Å²) in [6.45, 7) is 4.89. The highest BCUT2D eigenvalue weighted by atomic mass is 32.2. The summed E-state index contributed by atoms with van der Waals surface area (Å²) in [6, 6.07) is 10.3. The molecule has 3 aromatic rings. The number of carbonyl (C=O) groups is 1. The third-order valence-electron chi connectivity index (χ3n) is 4.91. The van der Waals surface area contributed by atoms with Gasteiger partial charge in [-0.15, -0.1) is 21.5 Å². The first-order valence-corrected chi connectivity index (χ1v) is 13.4. The van der Waals surface area contributed by atoms with Gasteiger partial charge < -0.3 is 9.15 Å². The number of amides is 1. The maximum atomic E-state index is 12.0. The average Bonchev–Trinajstić information content (AvgIpc) is 3.38. The van der Waals surface area contributed by atoms with Gasteiger partial charge in [-0.3, -0.25) is 0 Å². The van der Waals surface area contributed by atoms with Crippen LogP contribution in [0.5, 0.6) is 0 Å². The quantitative estimate of drug-likeness (QED) is 0.463. The topological polar surface area (TPSA) is 136 Å². The number of hydrogen-bond donors (Lipinski definition) is 2. The van der Waals surface area contributed by atoms with Crippen molar-refractivity contribution >= 4 is 39.3 Å². The van der Waals surface area contributed by atoms with Crippen molar-refractivity contribution in [2.45, 2.75) is 52.1 Å². The summed E-state index contributed by atoms with van der Waals surface area (Å²) in [5, 5.41) is 8.92. The Morgan fingerprint density at radius 1 is 1.14 bits per heavy atom. The molecule has 0 aliphatic heterocycles. The van der Waals surface area contributed by atoms with Crippen molar-refractivity contribution in [2.75, 3.05) is 6.54 Å². The summed E-state index contributed by atoms with van der Waals surface area (Å²) in [7, 11) is -4.07. The van der Waals surface area contributed by atoms with E-state index in [0.717, 1.165) is 28.4 Å². The van der Waals surface area contributed by atoms with Gasteiger partial charge >= 0.3 is 16.3 Å². The maximum absolute atomic E-state index is 12.0. The lowest BCUT2D eigenvalue weighted by molar-refractivity contribution is 0.0569. The van der Waals surface area contributed by atoms with E-state index < -0.39 is 21.9 Å². The van der Waals surface area contributed by atoms with Crippen molar-refractivity contribution in [1.29, 1.82) is 0 Å². The Morgan fingerprint density at radius 3 is 2.63 bits per heavy atom. The number of ether oxygens (including phenoxy) is 1. The second kappa shape index (κ2) is 10.3. The van der Waals surface area contributed by atoms with Gasteiger partial charge in [-0.25, -0.2) is 14.5 Å². The highest BCUT2D eigenvalue weighted by Crippen LogP contribution is 2.33. The van der Waals surface area contributed by atoms with Crippen molar-refractivity contribution < 1.29 is 22.4 Å². The largest absolute Gasteiger partial charge is 0.443 e. The molecule has 35 heavy (non-hydrogen) atoms. The van der Waals surface area contributed by atoms with Crippen LogP contribution in [0.1, 0.15) is 60.1 Å². The first kappa shape index (κ1) is 25.0. The molecule has 1 amide bonds. The van der Waals surface area contributed by atoms with Crippen LogP contribution >= 0.6 is 11.3 Å². The van der Waals surface area contributed by atoms with Gasteiger partial charge in [0.05, 0.1) is 17.0 Å². The zero-order chi connectivity index (χ0) is 25.1. The molecule has 0 unspecified atom stereocenters. The fourth-order valence-electron chi connectivity index (χ4n) is 3.47. The van der Waals surface area contributed by atoms with Gasteiger partial charge in [0, 0.05) is 13.0 Å². The number of fused-ring (bicyclic) bond motifs is 1. The predicted octanol–water partition coefficient (Wildman–Crippen LogP) is 3.51. The summed E-state index contributed by atoms with van der Waals surface area (Å²) >= 11 is 1.61. The molecule has 2 heterocycles. The van der Waals surface area contributed by atoms with E-state index in [-0.39, 0.29) is 18.9 Å². The number of allylic oxidation sites excluding steroid dienone is 1. The third-order valence-corrected chi connectivity index (χ3v) is 6.98. The van der Waals surface area contributed by atoms with Crippen LogP contribution in [-0.4, -0.2) is 41.8 Å². The molecular weight excluding hydrogens is 490 g/mol. The molecule has 0 radical (unpaired) electrons. The van der Waals surface area contributed by atoms with Crippen LogP contribution in [0.3, 0.4) is 0 Å². The molecule has 0 atom stereocenters. The van der Waals surface area contributed by atoms with E-state index in [1.165, 1.54) is 11.1 Å². The van der Waals surface area contributed by atoms with E-state index in [2.05, 4.69) is 33.1 Å². The summed E-state index contributed by atoms with van der Waals surface area (Å²) < 4.78 is 38.6. The van der Waals surface area contributed by atoms with Gasteiger partial charge in [-0.1, -0.05) is 30.3 Å². The van der Waals surface area contributed by atoms with Crippen LogP contribution in [0, 0.1) is 0 Å². The molecule has 10 nitrogen and oxygen atoms in total. The number of carbonyl (C=O) groups excluding carboxylic acids is 1. The zero-order valence-corrected chi connectivity index (χ0v) is 21.3. The van der Waals surface area contributed by atoms with Gasteiger partial charge in [0.1, 0.15) is 10.6 Å². The van der Waals surface area contributed by atoms with Crippen LogP contribution in [0.2, 0.25) is 0 Å². The number of benzene rings is 1. The molecule has 2 aromatic heterocycles. The number of rotatable bonds is 8. The highest BCUT2D eigenvalue weighted by Gasteiger charge is 2.22. The van der Waals surface area contributed by atoms with E-state index in [1.807, 2.05) is 18.2 Å². The Hall–Kier alpha value is -3.09. The Labute approximate surface area is 208 Å². The van der Waals surface area contributed by atoms with Crippen molar-refractivity contribution in [3.05, 3.63) is 63.3 Å². The Kier molecular flexibility index (Phi) is 7.33. The Bertz CT molecular complexity index is 1320. The van der Waals surface area contributed by atoms with Crippen LogP contribution in [0.15, 0.2) is 34.7 Å². The molecule has 1 aliphatic rings. The van der Waals surface area contributed by atoms with Gasteiger partial charge in [0.2, 0.25) is 11.8 Å². The Balaban J connectivity index is 1.30. The molecule has 1 aromatic carbocycles. The maximum Gasteiger partial charge on any atom is 0.422 e. The van der Waals surface area contributed by atoms with Gasteiger partial charge in [-0.05, 0) is 50.8 Å². The SMILES string of the molecule is CC(C)(C)OC(=O)NS(=O)(=O)NCCc1nnc(Cc2nc3c(s2)C=C(c2ccccc2)CC3)o1. The molecule has 0 saturated carbocycles. The van der Waals surface area contributed by atoms with E-state index in [9.17, 15) is 13.2 Å². The molecule has 4 rings (SSSR count). The lowest BCUT2D eigenvalue weighted by atomic mass is 9.95. The minimum atomic E-state index is -4.07. The number of nitrogens with one attached hydrogen (secondary N) is 2. The second-order valence-corrected chi connectivity index (χ2v) is 11.6. The summed E-state index contributed by atoms with van der Waals surface area (Å²) in [5.74, 6) is 0.695. The third kappa shape index (κ3) is 7.20. The fraction of sp³-hybridized carbons (Fsp3) is 0.391. The first-order valence-electron chi connectivity index (χ1n) is 11.1. The van der Waals surface area contributed by atoms with E-state index in [4.69, 9.17) is 14.1 Å². The van der Waals surface area contributed by atoms with Gasteiger partial charge in [-0.2, -0.15) is 13.1 Å². The minimum Gasteiger partial charge on any atom is -0.443 e. The van der Waals surface area contributed by atoms with E-state index in [1.54, 1.807) is 36.8 Å². The number of aryl methyl sites for hydroxylation is 1.